The number of ether oxygens (including phenoxy) is 1. The highest BCUT2D eigenvalue weighted by Gasteiger charge is 2.06. The quantitative estimate of drug-likeness (QED) is 0.852. The Morgan fingerprint density at radius 3 is 2.63 bits per heavy atom. The maximum absolute atomic E-state index is 10.0. The van der Waals surface area contributed by atoms with E-state index in [-0.39, 0.29) is 5.75 Å². The highest BCUT2D eigenvalue weighted by atomic mass is 16.5. The number of nitrogens with zero attached hydrogens (tertiary/aromatic N) is 4. The molecule has 0 fully saturated rings. The summed E-state index contributed by atoms with van der Waals surface area (Å²) in [4.78, 5) is 0. The minimum Gasteiger partial charge on any atom is -0.504 e. The van der Waals surface area contributed by atoms with Crippen LogP contribution in [0.4, 0.5) is 0 Å². The number of aromatic nitrogens is 3. The molecule has 0 amide bonds. The highest BCUT2D eigenvalue weighted by molar-refractivity contribution is 5.84. The van der Waals surface area contributed by atoms with Crippen LogP contribution in [0.1, 0.15) is 24.1 Å². The van der Waals surface area contributed by atoms with Crippen molar-refractivity contribution in [2.45, 2.75) is 20.8 Å². The van der Waals surface area contributed by atoms with Gasteiger partial charge in [0.05, 0.1) is 12.8 Å². The number of aromatic hydroxyl groups is 1. The van der Waals surface area contributed by atoms with Crippen molar-refractivity contribution >= 4 is 6.21 Å². The predicted molar refractivity (Wildman–Crippen MR) is 71.8 cm³/mol. The first kappa shape index (κ1) is 13.1. The van der Waals surface area contributed by atoms with Gasteiger partial charge in [0.1, 0.15) is 0 Å². The van der Waals surface area contributed by atoms with Gasteiger partial charge in [0.2, 0.25) is 0 Å². The monoisotopic (exact) mass is 260 g/mol. The molecule has 2 aromatic rings. The smallest absolute Gasteiger partial charge is 0.166 e. The van der Waals surface area contributed by atoms with E-state index in [1.807, 2.05) is 20.8 Å². The molecule has 100 valence electrons. The number of aryl methyl sites for hydroxylation is 2. The van der Waals surface area contributed by atoms with Crippen molar-refractivity contribution in [3.63, 3.8) is 0 Å². The van der Waals surface area contributed by atoms with Gasteiger partial charge in [-0.2, -0.15) is 5.10 Å². The second kappa shape index (κ2) is 5.51. The van der Waals surface area contributed by atoms with Crippen molar-refractivity contribution in [3.05, 3.63) is 35.4 Å². The van der Waals surface area contributed by atoms with Gasteiger partial charge in [0, 0.05) is 5.56 Å². The first-order chi connectivity index (χ1) is 9.13. The molecule has 0 atom stereocenters. The Labute approximate surface area is 111 Å². The Morgan fingerprint density at radius 2 is 2.00 bits per heavy atom. The van der Waals surface area contributed by atoms with Crippen molar-refractivity contribution in [3.8, 4) is 11.5 Å². The Hall–Kier alpha value is -2.37. The average molecular weight is 260 g/mol. The molecule has 0 radical (unpaired) electrons. The Balaban J connectivity index is 2.31. The third kappa shape index (κ3) is 2.73. The Bertz CT molecular complexity index is 585. The lowest BCUT2D eigenvalue weighted by Crippen LogP contribution is -1.97. The Kier molecular flexibility index (Phi) is 3.79. The lowest BCUT2D eigenvalue weighted by Gasteiger charge is -2.07. The molecule has 6 heteroatoms. The van der Waals surface area contributed by atoms with Gasteiger partial charge in [-0.1, -0.05) is 6.07 Å². The lowest BCUT2D eigenvalue weighted by molar-refractivity contribution is 0.318. The van der Waals surface area contributed by atoms with Crippen molar-refractivity contribution < 1.29 is 9.84 Å². The summed E-state index contributed by atoms with van der Waals surface area (Å²) in [5.41, 5.74) is 0.582. The van der Waals surface area contributed by atoms with Crippen LogP contribution in [0.5, 0.6) is 11.5 Å². The second-order valence-corrected chi connectivity index (χ2v) is 3.98. The first-order valence-electron chi connectivity index (χ1n) is 6.01. The van der Waals surface area contributed by atoms with Crippen LogP contribution in [0.2, 0.25) is 0 Å². The summed E-state index contributed by atoms with van der Waals surface area (Å²) in [5.74, 6) is 1.91. The van der Waals surface area contributed by atoms with Crippen LogP contribution in [-0.4, -0.2) is 32.8 Å². The molecule has 2 rings (SSSR count). The van der Waals surface area contributed by atoms with Crippen LogP contribution in [0.15, 0.2) is 23.3 Å². The SMILES string of the molecule is CCOc1cccc(/C=N\n2c(C)nnc2C)c1O. The zero-order chi connectivity index (χ0) is 13.8. The van der Waals surface area contributed by atoms with E-state index < -0.39 is 0 Å². The van der Waals surface area contributed by atoms with E-state index in [0.717, 1.165) is 0 Å². The standard InChI is InChI=1S/C13H16N4O2/c1-4-19-12-7-5-6-11(13(12)18)8-14-17-9(2)15-16-10(17)3/h5-8,18H,4H2,1-3H3/b14-8-. The van der Waals surface area contributed by atoms with Crippen molar-refractivity contribution in [1.82, 2.24) is 14.9 Å². The number of rotatable bonds is 4. The van der Waals surface area contributed by atoms with Crippen molar-refractivity contribution in [2.24, 2.45) is 5.10 Å². The first-order valence-corrected chi connectivity index (χ1v) is 6.01. The lowest BCUT2D eigenvalue weighted by atomic mass is 10.2. The van der Waals surface area contributed by atoms with E-state index in [2.05, 4.69) is 15.3 Å². The molecule has 1 heterocycles. The summed E-state index contributed by atoms with van der Waals surface area (Å²) in [6.45, 7) is 5.99. The fourth-order valence-electron chi connectivity index (χ4n) is 1.67. The maximum Gasteiger partial charge on any atom is 0.166 e. The van der Waals surface area contributed by atoms with Crippen LogP contribution in [0.25, 0.3) is 0 Å². The van der Waals surface area contributed by atoms with Gasteiger partial charge in [0.15, 0.2) is 23.1 Å². The largest absolute Gasteiger partial charge is 0.504 e. The molecule has 1 N–H and O–H groups in total. The van der Waals surface area contributed by atoms with E-state index >= 15 is 0 Å². The molecule has 1 aromatic heterocycles. The van der Waals surface area contributed by atoms with Crippen molar-refractivity contribution in [2.75, 3.05) is 6.61 Å². The third-order valence-corrected chi connectivity index (χ3v) is 2.59. The number of hydrogen-bond donors (Lipinski definition) is 1. The number of para-hydroxylation sites is 1. The molecule has 0 unspecified atom stereocenters. The van der Waals surface area contributed by atoms with Crippen LogP contribution >= 0.6 is 0 Å². The molecule has 0 spiro atoms. The molecule has 0 aliphatic heterocycles. The minimum absolute atomic E-state index is 0.0801. The fourth-order valence-corrected chi connectivity index (χ4v) is 1.67. The van der Waals surface area contributed by atoms with Gasteiger partial charge in [-0.15, -0.1) is 10.2 Å². The van der Waals surface area contributed by atoms with Gasteiger partial charge in [0.25, 0.3) is 0 Å². The second-order valence-electron chi connectivity index (χ2n) is 3.98. The molecule has 1 aromatic carbocycles. The van der Waals surface area contributed by atoms with Gasteiger partial charge in [-0.3, -0.25) is 0 Å². The molecular formula is C13H16N4O2. The zero-order valence-corrected chi connectivity index (χ0v) is 11.2. The fraction of sp³-hybridized carbons (Fsp3) is 0.308. The van der Waals surface area contributed by atoms with Crippen LogP contribution in [0.3, 0.4) is 0 Å². The molecule has 0 saturated carbocycles. The van der Waals surface area contributed by atoms with Crippen LogP contribution in [0, 0.1) is 13.8 Å². The summed E-state index contributed by atoms with van der Waals surface area (Å²) in [6, 6.07) is 5.28. The number of phenolic OH excluding ortho intramolecular Hbond substituents is 1. The van der Waals surface area contributed by atoms with E-state index in [4.69, 9.17) is 4.74 Å². The van der Waals surface area contributed by atoms with Crippen molar-refractivity contribution in [1.29, 1.82) is 0 Å². The van der Waals surface area contributed by atoms with Crippen LogP contribution in [-0.2, 0) is 0 Å². The zero-order valence-electron chi connectivity index (χ0n) is 11.2. The third-order valence-electron chi connectivity index (χ3n) is 2.59. The minimum atomic E-state index is 0.0801. The number of benzene rings is 1. The van der Waals surface area contributed by atoms with E-state index in [0.29, 0.717) is 29.6 Å². The van der Waals surface area contributed by atoms with E-state index in [1.165, 1.54) is 0 Å². The maximum atomic E-state index is 10.0. The molecule has 19 heavy (non-hydrogen) atoms. The van der Waals surface area contributed by atoms with Gasteiger partial charge in [-0.25, -0.2) is 4.68 Å². The summed E-state index contributed by atoms with van der Waals surface area (Å²) in [6.07, 6.45) is 1.56. The van der Waals surface area contributed by atoms with E-state index in [9.17, 15) is 5.11 Å². The molecule has 0 saturated heterocycles. The predicted octanol–water partition coefficient (Wildman–Crippen LogP) is 1.88. The topological polar surface area (TPSA) is 72.5 Å². The Morgan fingerprint density at radius 1 is 1.32 bits per heavy atom. The molecule has 0 bridgehead atoms. The summed E-state index contributed by atoms with van der Waals surface area (Å²) >= 11 is 0. The molecule has 6 nitrogen and oxygen atoms in total. The van der Waals surface area contributed by atoms with Gasteiger partial charge in [-0.05, 0) is 32.9 Å². The summed E-state index contributed by atoms with van der Waals surface area (Å²) in [5, 5.41) is 22.1. The highest BCUT2D eigenvalue weighted by Crippen LogP contribution is 2.28. The average Bonchev–Trinajstić information content (AvgIpc) is 2.71. The molecular weight excluding hydrogens is 244 g/mol. The number of hydrogen-bond acceptors (Lipinski definition) is 5. The molecule has 0 aliphatic carbocycles. The van der Waals surface area contributed by atoms with Crippen LogP contribution < -0.4 is 4.74 Å². The van der Waals surface area contributed by atoms with Gasteiger partial charge < -0.3 is 9.84 Å². The normalized spacial score (nSPS) is 11.1. The van der Waals surface area contributed by atoms with Gasteiger partial charge >= 0.3 is 0 Å². The summed E-state index contributed by atoms with van der Waals surface area (Å²) < 4.78 is 6.92. The summed E-state index contributed by atoms with van der Waals surface area (Å²) in [7, 11) is 0. The van der Waals surface area contributed by atoms with E-state index in [1.54, 1.807) is 29.1 Å². The number of phenols is 1. The molecule has 0 aliphatic rings.